The van der Waals surface area contributed by atoms with Crippen LogP contribution in [0.2, 0.25) is 0 Å². The van der Waals surface area contributed by atoms with Gasteiger partial charge in [0.1, 0.15) is 6.10 Å². The summed E-state index contributed by atoms with van der Waals surface area (Å²) in [4.78, 5) is 11.8. The number of hydrogen-bond acceptors (Lipinski definition) is 4. The van der Waals surface area contributed by atoms with Gasteiger partial charge in [-0.25, -0.2) is 4.79 Å². The number of hydrogen-bond donors (Lipinski definition) is 1. The van der Waals surface area contributed by atoms with E-state index in [2.05, 4.69) is 6.92 Å². The van der Waals surface area contributed by atoms with Crippen LogP contribution in [0.1, 0.15) is 38.4 Å². The molecule has 1 fully saturated rings. The van der Waals surface area contributed by atoms with Crippen LogP contribution < -0.4 is 0 Å². The zero-order chi connectivity index (χ0) is 13.6. The van der Waals surface area contributed by atoms with Crippen molar-refractivity contribution in [1.82, 2.24) is 0 Å². The Bertz CT molecular complexity index is 516. The first-order valence-corrected chi connectivity index (χ1v) is 6.65. The van der Waals surface area contributed by atoms with E-state index in [1.807, 2.05) is 13.0 Å². The third-order valence-electron chi connectivity index (χ3n) is 4.62. The normalized spacial score (nSPS) is 38.4. The van der Waals surface area contributed by atoms with Gasteiger partial charge < -0.3 is 14.3 Å². The molecule has 2 heterocycles. The van der Waals surface area contributed by atoms with Gasteiger partial charge in [0.25, 0.3) is 0 Å². The van der Waals surface area contributed by atoms with Crippen molar-refractivity contribution in [3.05, 3.63) is 35.8 Å². The molecule has 2 aliphatic rings. The van der Waals surface area contributed by atoms with Crippen molar-refractivity contribution in [2.24, 2.45) is 11.3 Å². The van der Waals surface area contributed by atoms with Crippen LogP contribution in [0.5, 0.6) is 0 Å². The summed E-state index contributed by atoms with van der Waals surface area (Å²) < 4.78 is 10.6. The van der Waals surface area contributed by atoms with E-state index in [1.54, 1.807) is 18.6 Å². The van der Waals surface area contributed by atoms with Crippen molar-refractivity contribution in [3.63, 3.8) is 0 Å². The quantitative estimate of drug-likeness (QED) is 0.790. The molecule has 0 spiro atoms. The van der Waals surface area contributed by atoms with E-state index in [9.17, 15) is 9.90 Å². The molecular formula is C15H18O4. The maximum absolute atomic E-state index is 11.8. The number of esters is 1. The van der Waals surface area contributed by atoms with E-state index in [0.717, 1.165) is 24.0 Å². The molecule has 1 aromatic heterocycles. The minimum absolute atomic E-state index is 0.0130. The lowest BCUT2D eigenvalue weighted by molar-refractivity contribution is -0.154. The average molecular weight is 262 g/mol. The minimum Gasteiger partial charge on any atom is -0.472 e. The molecule has 1 aromatic rings. The van der Waals surface area contributed by atoms with E-state index in [0.29, 0.717) is 0 Å². The molecule has 4 atom stereocenters. The van der Waals surface area contributed by atoms with E-state index >= 15 is 0 Å². The van der Waals surface area contributed by atoms with Crippen molar-refractivity contribution in [1.29, 1.82) is 0 Å². The second-order valence-corrected chi connectivity index (χ2v) is 5.79. The van der Waals surface area contributed by atoms with E-state index in [4.69, 9.17) is 9.15 Å². The predicted molar refractivity (Wildman–Crippen MR) is 68.1 cm³/mol. The van der Waals surface area contributed by atoms with Gasteiger partial charge in [-0.05, 0) is 24.5 Å². The van der Waals surface area contributed by atoms with Crippen LogP contribution in [0.15, 0.2) is 34.7 Å². The third kappa shape index (κ3) is 1.82. The summed E-state index contributed by atoms with van der Waals surface area (Å²) in [5, 5.41) is 10.0. The largest absolute Gasteiger partial charge is 0.472 e. The Morgan fingerprint density at radius 3 is 2.95 bits per heavy atom. The fraction of sp³-hybridized carbons (Fsp3) is 0.533. The van der Waals surface area contributed by atoms with Gasteiger partial charge in [-0.2, -0.15) is 0 Å². The molecule has 0 bridgehead atoms. The van der Waals surface area contributed by atoms with Crippen LogP contribution in [0.25, 0.3) is 0 Å². The highest BCUT2D eigenvalue weighted by molar-refractivity contribution is 5.84. The number of rotatable bonds is 1. The summed E-state index contributed by atoms with van der Waals surface area (Å²) >= 11 is 0. The maximum Gasteiger partial charge on any atom is 0.331 e. The monoisotopic (exact) mass is 262 g/mol. The summed E-state index contributed by atoms with van der Waals surface area (Å²) in [5.74, 6) is -0.347. The summed E-state index contributed by atoms with van der Waals surface area (Å²) in [6, 6.07) is 1.84. The SMILES string of the molecule is CC1C2=CC(=O)OC(c3ccoc3)[C@]2(C)CCC1O. The molecule has 0 aromatic carbocycles. The Kier molecular flexibility index (Phi) is 2.78. The number of carbonyl (C=O) groups excluding carboxylic acids is 1. The number of aliphatic hydroxyl groups is 1. The molecule has 1 N–H and O–H groups in total. The van der Waals surface area contributed by atoms with Gasteiger partial charge in [-0.3, -0.25) is 0 Å². The molecule has 1 saturated carbocycles. The first-order chi connectivity index (χ1) is 9.02. The second kappa shape index (κ2) is 4.23. The van der Waals surface area contributed by atoms with Gasteiger partial charge in [0, 0.05) is 23.0 Å². The number of cyclic esters (lactones) is 1. The number of furan rings is 1. The molecule has 4 nitrogen and oxygen atoms in total. The van der Waals surface area contributed by atoms with Gasteiger partial charge in [0.05, 0.1) is 18.6 Å². The van der Waals surface area contributed by atoms with Crippen molar-refractivity contribution in [2.45, 2.75) is 38.9 Å². The topological polar surface area (TPSA) is 59.7 Å². The van der Waals surface area contributed by atoms with Gasteiger partial charge in [0.2, 0.25) is 0 Å². The fourth-order valence-corrected chi connectivity index (χ4v) is 3.42. The lowest BCUT2D eigenvalue weighted by Gasteiger charge is -2.48. The molecule has 0 amide bonds. The molecule has 3 unspecified atom stereocenters. The smallest absolute Gasteiger partial charge is 0.331 e. The summed E-state index contributed by atoms with van der Waals surface area (Å²) in [7, 11) is 0. The Balaban J connectivity index is 2.06. The Labute approximate surface area is 112 Å². The Morgan fingerprint density at radius 1 is 1.47 bits per heavy atom. The van der Waals surface area contributed by atoms with Crippen LogP contribution >= 0.6 is 0 Å². The molecule has 102 valence electrons. The lowest BCUT2D eigenvalue weighted by Crippen LogP contribution is -2.44. The van der Waals surface area contributed by atoms with Crippen molar-refractivity contribution < 1.29 is 19.1 Å². The maximum atomic E-state index is 11.8. The molecular weight excluding hydrogens is 244 g/mol. The number of carbonyl (C=O) groups is 1. The lowest BCUT2D eigenvalue weighted by atomic mass is 9.61. The van der Waals surface area contributed by atoms with E-state index in [-0.39, 0.29) is 29.5 Å². The van der Waals surface area contributed by atoms with E-state index in [1.165, 1.54) is 0 Å². The zero-order valence-electron chi connectivity index (χ0n) is 11.1. The Hall–Kier alpha value is -1.55. The van der Waals surface area contributed by atoms with Crippen LogP contribution in [0.4, 0.5) is 0 Å². The highest BCUT2D eigenvalue weighted by atomic mass is 16.5. The van der Waals surface area contributed by atoms with Gasteiger partial charge in [-0.1, -0.05) is 13.8 Å². The van der Waals surface area contributed by atoms with Crippen LogP contribution in [0, 0.1) is 11.3 Å². The number of ether oxygens (including phenoxy) is 1. The highest BCUT2D eigenvalue weighted by Gasteiger charge is 2.50. The van der Waals surface area contributed by atoms with Crippen molar-refractivity contribution in [2.75, 3.05) is 0 Å². The number of aliphatic hydroxyl groups excluding tert-OH is 1. The predicted octanol–water partition coefficient (Wildman–Crippen LogP) is 2.60. The van der Waals surface area contributed by atoms with Crippen LogP contribution in [0.3, 0.4) is 0 Å². The minimum atomic E-state index is -0.379. The molecule has 4 heteroatoms. The molecule has 1 aliphatic heterocycles. The first-order valence-electron chi connectivity index (χ1n) is 6.65. The molecule has 19 heavy (non-hydrogen) atoms. The first kappa shape index (κ1) is 12.5. The van der Waals surface area contributed by atoms with Gasteiger partial charge in [0.15, 0.2) is 0 Å². The zero-order valence-corrected chi connectivity index (χ0v) is 11.1. The standard InChI is InChI=1S/C15H18O4/c1-9-11-7-13(17)19-14(10-4-6-18-8-10)15(11,2)5-3-12(9)16/h4,6-9,12,14,16H,3,5H2,1-2H3/t9?,12?,14?,15-/m1/s1. The molecule has 3 rings (SSSR count). The van der Waals surface area contributed by atoms with Gasteiger partial charge >= 0.3 is 5.97 Å². The van der Waals surface area contributed by atoms with Crippen LogP contribution in [-0.4, -0.2) is 17.2 Å². The fourth-order valence-electron chi connectivity index (χ4n) is 3.42. The number of fused-ring (bicyclic) bond motifs is 1. The molecule has 1 aliphatic carbocycles. The molecule has 0 saturated heterocycles. The molecule has 0 radical (unpaired) electrons. The second-order valence-electron chi connectivity index (χ2n) is 5.79. The highest BCUT2D eigenvalue weighted by Crippen LogP contribution is 2.54. The van der Waals surface area contributed by atoms with E-state index < -0.39 is 0 Å². The summed E-state index contributed by atoms with van der Waals surface area (Å²) in [6.07, 6.45) is 5.59. The average Bonchev–Trinajstić information content (AvgIpc) is 2.90. The Morgan fingerprint density at radius 2 is 2.26 bits per heavy atom. The van der Waals surface area contributed by atoms with Crippen molar-refractivity contribution in [3.8, 4) is 0 Å². The third-order valence-corrected chi connectivity index (χ3v) is 4.62. The van der Waals surface area contributed by atoms with Crippen LogP contribution in [-0.2, 0) is 9.53 Å². The van der Waals surface area contributed by atoms with Crippen molar-refractivity contribution >= 4 is 5.97 Å². The summed E-state index contributed by atoms with van der Waals surface area (Å²) in [6.45, 7) is 4.07. The van der Waals surface area contributed by atoms with Gasteiger partial charge in [-0.15, -0.1) is 0 Å². The summed E-state index contributed by atoms with van der Waals surface area (Å²) in [5.41, 5.74) is 1.62.